The standard InChI is InChI=1S/C25H30O3/c1-22-6-3-14(26)11-19(22)24(9-10-24)13-16-17(22)4-7-23(2)21(16)15-12-18(15)25(23)8-5-20(27)28-25/h4,11,15-16,18,21H,3,5-10,12-13H2,1-2H3/t15?,16?,18?,21?,22-,23+,25?/m1/s1. The summed E-state index contributed by atoms with van der Waals surface area (Å²) in [5, 5.41) is 0. The number of carbonyl (C=O) groups is 2. The molecule has 7 atom stereocenters. The maximum Gasteiger partial charge on any atom is 0.306 e. The second-order valence-corrected chi connectivity index (χ2v) is 11.6. The van der Waals surface area contributed by atoms with Gasteiger partial charge in [0.1, 0.15) is 5.60 Å². The van der Waals surface area contributed by atoms with Gasteiger partial charge in [0.25, 0.3) is 0 Å². The Morgan fingerprint density at radius 3 is 2.61 bits per heavy atom. The molecule has 0 aromatic carbocycles. The Kier molecular flexibility index (Phi) is 2.65. The van der Waals surface area contributed by atoms with Crippen LogP contribution >= 0.6 is 0 Å². The van der Waals surface area contributed by atoms with Gasteiger partial charge in [0.15, 0.2) is 5.78 Å². The highest BCUT2D eigenvalue weighted by atomic mass is 16.6. The zero-order valence-electron chi connectivity index (χ0n) is 17.1. The second-order valence-electron chi connectivity index (χ2n) is 11.6. The van der Waals surface area contributed by atoms with Gasteiger partial charge in [0.05, 0.1) is 0 Å². The Morgan fingerprint density at radius 1 is 1.07 bits per heavy atom. The number of hydrogen-bond acceptors (Lipinski definition) is 3. The normalized spacial score (nSPS) is 54.4. The smallest absolute Gasteiger partial charge is 0.306 e. The lowest BCUT2D eigenvalue weighted by atomic mass is 9.47. The highest BCUT2D eigenvalue weighted by Gasteiger charge is 2.79. The van der Waals surface area contributed by atoms with Crippen molar-refractivity contribution < 1.29 is 14.3 Å². The van der Waals surface area contributed by atoms with Crippen LogP contribution in [0.4, 0.5) is 0 Å². The maximum absolute atomic E-state index is 12.3. The van der Waals surface area contributed by atoms with Crippen molar-refractivity contribution in [2.75, 3.05) is 0 Å². The highest BCUT2D eigenvalue weighted by Crippen LogP contribution is 2.80. The van der Waals surface area contributed by atoms with Gasteiger partial charge in [-0.15, -0.1) is 0 Å². The molecule has 0 aromatic heterocycles. The fourth-order valence-corrected chi connectivity index (χ4v) is 9.27. The van der Waals surface area contributed by atoms with Crippen LogP contribution < -0.4 is 0 Å². The lowest BCUT2D eigenvalue weighted by Crippen LogP contribution is -2.54. The number of ether oxygens (including phenoxy) is 1. The molecule has 28 heavy (non-hydrogen) atoms. The van der Waals surface area contributed by atoms with Gasteiger partial charge in [-0.2, -0.15) is 0 Å². The van der Waals surface area contributed by atoms with Gasteiger partial charge in [-0.05, 0) is 74.2 Å². The van der Waals surface area contributed by atoms with Crippen molar-refractivity contribution >= 4 is 11.8 Å². The van der Waals surface area contributed by atoms with Crippen LogP contribution in [0.15, 0.2) is 23.3 Å². The highest BCUT2D eigenvalue weighted by molar-refractivity contribution is 5.92. The van der Waals surface area contributed by atoms with E-state index in [9.17, 15) is 9.59 Å². The Hall–Kier alpha value is -1.38. The topological polar surface area (TPSA) is 43.4 Å². The minimum absolute atomic E-state index is 0.0348. The maximum atomic E-state index is 12.3. The van der Waals surface area contributed by atoms with E-state index in [2.05, 4.69) is 26.0 Å². The third-order valence-electron chi connectivity index (χ3n) is 10.6. The van der Waals surface area contributed by atoms with Crippen LogP contribution in [0.5, 0.6) is 0 Å². The first-order valence-corrected chi connectivity index (χ1v) is 11.5. The molecule has 1 heterocycles. The van der Waals surface area contributed by atoms with Gasteiger partial charge in [0.2, 0.25) is 0 Å². The summed E-state index contributed by atoms with van der Waals surface area (Å²) in [5.41, 5.74) is 3.46. The van der Waals surface area contributed by atoms with Crippen molar-refractivity contribution in [3.05, 3.63) is 23.3 Å². The first kappa shape index (κ1) is 16.4. The van der Waals surface area contributed by atoms with E-state index in [0.29, 0.717) is 41.8 Å². The van der Waals surface area contributed by atoms with Gasteiger partial charge >= 0.3 is 5.97 Å². The number of fused-ring (bicyclic) bond motifs is 10. The Bertz CT molecular complexity index is 907. The van der Waals surface area contributed by atoms with Crippen LogP contribution in [0, 0.1) is 39.9 Å². The lowest BCUT2D eigenvalue weighted by molar-refractivity contribution is -0.166. The number of esters is 1. The first-order valence-electron chi connectivity index (χ1n) is 11.5. The SMILES string of the molecule is C[C@]12CCC(=O)C=C1C1(CC1)CC1C2=CC[C@@]2(C)C1C1CC1C21CCC(=O)O1. The predicted molar refractivity (Wildman–Crippen MR) is 104 cm³/mol. The van der Waals surface area contributed by atoms with Gasteiger partial charge < -0.3 is 4.74 Å². The molecule has 6 aliphatic carbocycles. The lowest BCUT2D eigenvalue weighted by Gasteiger charge is -2.58. The van der Waals surface area contributed by atoms with E-state index in [1.54, 1.807) is 5.57 Å². The number of rotatable bonds is 0. The molecule has 4 saturated carbocycles. The van der Waals surface area contributed by atoms with E-state index in [-0.39, 0.29) is 22.4 Å². The minimum Gasteiger partial charge on any atom is -0.458 e. The fourth-order valence-electron chi connectivity index (χ4n) is 9.27. The summed E-state index contributed by atoms with van der Waals surface area (Å²) in [5.74, 6) is 3.03. The molecule has 0 N–H and O–H groups in total. The number of carbonyl (C=O) groups excluding carboxylic acids is 2. The summed E-state index contributed by atoms with van der Waals surface area (Å²) in [6.45, 7) is 4.89. The molecule has 3 heteroatoms. The van der Waals surface area contributed by atoms with Crippen molar-refractivity contribution in [2.45, 2.75) is 77.2 Å². The monoisotopic (exact) mass is 378 g/mol. The van der Waals surface area contributed by atoms with E-state index < -0.39 is 0 Å². The van der Waals surface area contributed by atoms with Gasteiger partial charge in [-0.25, -0.2) is 0 Å². The van der Waals surface area contributed by atoms with Crippen LogP contribution in [-0.2, 0) is 14.3 Å². The zero-order valence-corrected chi connectivity index (χ0v) is 17.1. The van der Waals surface area contributed by atoms with Gasteiger partial charge in [-0.3, -0.25) is 9.59 Å². The molecule has 2 spiro atoms. The molecular formula is C25H30O3. The van der Waals surface area contributed by atoms with Crippen LogP contribution in [-0.4, -0.2) is 17.4 Å². The molecule has 3 nitrogen and oxygen atoms in total. The summed E-state index contributed by atoms with van der Waals surface area (Å²) in [7, 11) is 0. The van der Waals surface area contributed by atoms with Gasteiger partial charge in [0, 0.05) is 29.6 Å². The second kappa shape index (κ2) is 4.52. The zero-order chi connectivity index (χ0) is 19.1. The molecule has 1 saturated heterocycles. The van der Waals surface area contributed by atoms with Crippen molar-refractivity contribution in [1.82, 2.24) is 0 Å². The molecule has 0 bridgehead atoms. The third kappa shape index (κ3) is 1.60. The van der Waals surface area contributed by atoms with Crippen molar-refractivity contribution in [3.63, 3.8) is 0 Å². The number of ketones is 1. The van der Waals surface area contributed by atoms with Crippen LogP contribution in [0.1, 0.15) is 71.6 Å². The average Bonchev–Trinajstić information content (AvgIpc) is 3.55. The summed E-state index contributed by atoms with van der Waals surface area (Å²) in [6.07, 6.45) is 14.0. The van der Waals surface area contributed by atoms with E-state index in [0.717, 1.165) is 25.2 Å². The Morgan fingerprint density at radius 2 is 1.89 bits per heavy atom. The van der Waals surface area contributed by atoms with Crippen molar-refractivity contribution in [3.8, 4) is 0 Å². The van der Waals surface area contributed by atoms with Crippen LogP contribution in [0.3, 0.4) is 0 Å². The quantitative estimate of drug-likeness (QED) is 0.451. The molecule has 7 aliphatic rings. The molecule has 5 unspecified atom stereocenters. The van der Waals surface area contributed by atoms with Crippen LogP contribution in [0.25, 0.3) is 0 Å². The van der Waals surface area contributed by atoms with E-state index in [4.69, 9.17) is 4.74 Å². The third-order valence-corrected chi connectivity index (χ3v) is 10.6. The van der Waals surface area contributed by atoms with Gasteiger partial charge in [-0.1, -0.05) is 31.1 Å². The number of hydrogen-bond donors (Lipinski definition) is 0. The molecule has 0 aromatic rings. The Labute approximate surface area is 167 Å². The largest absolute Gasteiger partial charge is 0.458 e. The molecule has 1 aliphatic heterocycles. The summed E-state index contributed by atoms with van der Waals surface area (Å²) < 4.78 is 6.21. The van der Waals surface area contributed by atoms with E-state index in [1.807, 2.05) is 0 Å². The minimum atomic E-state index is -0.183. The molecule has 7 rings (SSSR count). The first-order chi connectivity index (χ1) is 13.3. The summed E-state index contributed by atoms with van der Waals surface area (Å²) >= 11 is 0. The van der Waals surface area contributed by atoms with Crippen LogP contribution in [0.2, 0.25) is 0 Å². The molecule has 5 fully saturated rings. The fraction of sp³-hybridized carbons (Fsp3) is 0.760. The van der Waals surface area contributed by atoms with E-state index >= 15 is 0 Å². The van der Waals surface area contributed by atoms with Crippen molar-refractivity contribution in [2.24, 2.45) is 39.9 Å². The predicted octanol–water partition coefficient (Wildman–Crippen LogP) is 4.76. The van der Waals surface area contributed by atoms with E-state index in [1.165, 1.54) is 31.3 Å². The summed E-state index contributed by atoms with van der Waals surface area (Å²) in [6, 6.07) is 0. The average molecular weight is 379 g/mol. The molecule has 0 radical (unpaired) electrons. The number of allylic oxidation sites excluding steroid dienone is 4. The molecule has 0 amide bonds. The van der Waals surface area contributed by atoms with Crippen molar-refractivity contribution in [1.29, 1.82) is 0 Å². The molecular weight excluding hydrogens is 348 g/mol. The summed E-state index contributed by atoms with van der Waals surface area (Å²) in [4.78, 5) is 24.5. The Balaban J connectivity index is 1.38. The molecule has 148 valence electrons.